The number of nitrogens with zero attached hydrogens (tertiary/aromatic N) is 1. The fraction of sp³-hybridized carbons (Fsp3) is 0.679. The summed E-state index contributed by atoms with van der Waals surface area (Å²) >= 11 is 1.18. The maximum Gasteiger partial charge on any atom is 0.350 e. The van der Waals surface area contributed by atoms with Crippen LogP contribution in [-0.4, -0.2) is 36.6 Å². The van der Waals surface area contributed by atoms with Gasteiger partial charge in [0, 0.05) is 11.3 Å². The number of esters is 2. The normalized spacial score (nSPS) is 19.2. The molecule has 1 aromatic rings. The van der Waals surface area contributed by atoms with Crippen LogP contribution in [0.3, 0.4) is 0 Å². The minimum Gasteiger partial charge on any atom is -0.465 e. The van der Waals surface area contributed by atoms with Gasteiger partial charge in [-0.3, -0.25) is 9.69 Å². The summed E-state index contributed by atoms with van der Waals surface area (Å²) < 4.78 is 10.7. The molecular formula is C28H41NO5S. The van der Waals surface area contributed by atoms with Crippen LogP contribution >= 0.6 is 11.3 Å². The molecule has 0 radical (unpaired) electrons. The van der Waals surface area contributed by atoms with Gasteiger partial charge >= 0.3 is 11.9 Å². The van der Waals surface area contributed by atoms with E-state index in [2.05, 4.69) is 18.8 Å². The Morgan fingerprint density at radius 1 is 1.11 bits per heavy atom. The molecular weight excluding hydrogens is 462 g/mol. The van der Waals surface area contributed by atoms with Crippen LogP contribution in [0.4, 0.5) is 5.69 Å². The zero-order valence-corrected chi connectivity index (χ0v) is 23.6. The van der Waals surface area contributed by atoms with Crippen molar-refractivity contribution >= 4 is 34.9 Å². The van der Waals surface area contributed by atoms with E-state index in [1.54, 1.807) is 26.8 Å². The monoisotopic (exact) mass is 503 g/mol. The average molecular weight is 504 g/mol. The van der Waals surface area contributed by atoms with Gasteiger partial charge in [-0.2, -0.15) is 0 Å². The molecule has 1 saturated carbocycles. The summed E-state index contributed by atoms with van der Waals surface area (Å²) in [6.45, 7) is 15.5. The number of carbonyl (C=O) groups is 3. The molecule has 0 saturated heterocycles. The molecule has 35 heavy (non-hydrogen) atoms. The summed E-state index contributed by atoms with van der Waals surface area (Å²) in [7, 11) is 1.31. The van der Waals surface area contributed by atoms with Crippen molar-refractivity contribution in [1.29, 1.82) is 0 Å². The Labute approximate surface area is 214 Å². The topological polar surface area (TPSA) is 72.9 Å². The maximum atomic E-state index is 14.0. The summed E-state index contributed by atoms with van der Waals surface area (Å²) in [5.41, 5.74) is -0.559. The summed E-state index contributed by atoms with van der Waals surface area (Å²) in [6, 6.07) is 0.883. The fourth-order valence-corrected chi connectivity index (χ4v) is 5.00. The van der Waals surface area contributed by atoms with Gasteiger partial charge in [-0.15, -0.1) is 11.3 Å². The lowest BCUT2D eigenvalue weighted by molar-refractivity contribution is -0.157. The Morgan fingerprint density at radius 2 is 1.71 bits per heavy atom. The van der Waals surface area contributed by atoms with Crippen molar-refractivity contribution in [2.75, 3.05) is 12.0 Å². The van der Waals surface area contributed by atoms with E-state index in [4.69, 9.17) is 9.47 Å². The lowest BCUT2D eigenvalue weighted by Gasteiger charge is -2.36. The zero-order chi connectivity index (χ0) is 26.6. The van der Waals surface area contributed by atoms with Crippen LogP contribution in [0.5, 0.6) is 0 Å². The molecule has 1 atom stereocenters. The van der Waals surface area contributed by atoms with Crippen LogP contribution in [0.2, 0.25) is 0 Å². The van der Waals surface area contributed by atoms with E-state index in [0.717, 1.165) is 25.7 Å². The first kappa shape index (κ1) is 28.9. The number of anilines is 1. The third kappa shape index (κ3) is 8.10. The number of methoxy groups -OCH3 is 1. The lowest BCUT2D eigenvalue weighted by atomic mass is 9.82. The van der Waals surface area contributed by atoms with Gasteiger partial charge in [-0.1, -0.05) is 25.7 Å². The molecule has 194 valence electrons. The highest BCUT2D eigenvalue weighted by Crippen LogP contribution is 2.37. The van der Waals surface area contributed by atoms with Crippen molar-refractivity contribution < 1.29 is 23.9 Å². The van der Waals surface area contributed by atoms with Crippen LogP contribution in [0, 0.1) is 29.1 Å². The summed E-state index contributed by atoms with van der Waals surface area (Å²) in [4.78, 5) is 42.5. The molecule has 0 spiro atoms. The molecule has 0 aliphatic heterocycles. The molecule has 0 bridgehead atoms. The van der Waals surface area contributed by atoms with Crippen molar-refractivity contribution in [1.82, 2.24) is 0 Å². The van der Waals surface area contributed by atoms with Crippen molar-refractivity contribution in [2.24, 2.45) is 17.3 Å². The second-order valence-corrected chi connectivity index (χ2v) is 12.5. The van der Waals surface area contributed by atoms with Crippen molar-refractivity contribution in [3.05, 3.63) is 15.8 Å². The van der Waals surface area contributed by atoms with E-state index >= 15 is 0 Å². The van der Waals surface area contributed by atoms with E-state index in [1.165, 1.54) is 23.3 Å². The Hall–Kier alpha value is -2.33. The number of rotatable bonds is 6. The van der Waals surface area contributed by atoms with Crippen molar-refractivity contribution in [3.8, 4) is 11.8 Å². The molecule has 1 aromatic heterocycles. The van der Waals surface area contributed by atoms with Crippen LogP contribution in [0.25, 0.3) is 0 Å². The van der Waals surface area contributed by atoms with Gasteiger partial charge in [0.25, 0.3) is 0 Å². The van der Waals surface area contributed by atoms with Gasteiger partial charge in [-0.05, 0) is 85.6 Å². The highest BCUT2D eigenvalue weighted by Gasteiger charge is 2.39. The van der Waals surface area contributed by atoms with Crippen LogP contribution in [-0.2, 0) is 19.1 Å². The first-order valence-corrected chi connectivity index (χ1v) is 13.3. The first-order valence-electron chi connectivity index (χ1n) is 12.5. The number of hydrogen-bond acceptors (Lipinski definition) is 6. The van der Waals surface area contributed by atoms with E-state index in [9.17, 15) is 14.4 Å². The predicted molar refractivity (Wildman–Crippen MR) is 141 cm³/mol. The lowest BCUT2D eigenvalue weighted by Crippen LogP contribution is -2.50. The average Bonchev–Trinajstić information content (AvgIpc) is 3.17. The fourth-order valence-electron chi connectivity index (χ4n) is 4.08. The Morgan fingerprint density at radius 3 is 2.20 bits per heavy atom. The number of amides is 1. The number of hydrogen-bond donors (Lipinski definition) is 0. The summed E-state index contributed by atoms with van der Waals surface area (Å²) in [5.74, 6) is 5.50. The van der Waals surface area contributed by atoms with Gasteiger partial charge in [0.05, 0.1) is 17.7 Å². The Kier molecular flexibility index (Phi) is 9.58. The molecule has 0 unspecified atom stereocenters. The molecule has 1 fully saturated rings. The second kappa shape index (κ2) is 11.6. The molecule has 1 amide bonds. The molecule has 0 N–H and O–H groups in total. The Balaban J connectivity index is 2.64. The third-order valence-corrected chi connectivity index (χ3v) is 6.90. The van der Waals surface area contributed by atoms with Crippen molar-refractivity contribution in [3.63, 3.8) is 0 Å². The quantitative estimate of drug-likeness (QED) is 0.341. The van der Waals surface area contributed by atoms with E-state index in [-0.39, 0.29) is 22.1 Å². The smallest absolute Gasteiger partial charge is 0.350 e. The van der Waals surface area contributed by atoms with Crippen LogP contribution in [0.15, 0.2) is 6.07 Å². The molecule has 6 nitrogen and oxygen atoms in total. The van der Waals surface area contributed by atoms with Gasteiger partial charge < -0.3 is 9.47 Å². The SMILES string of the molecule is CC[C@@H](C(=O)OC(C)(C)C)N(c1cc(C#CC(C)(C)C)sc1C(=O)OC)C(=O)[C@H]1CC[C@H](C)CC1. The second-order valence-electron chi connectivity index (χ2n) is 11.4. The molecule has 1 aliphatic carbocycles. The molecule has 7 heteroatoms. The van der Waals surface area contributed by atoms with Gasteiger partial charge in [0.2, 0.25) is 5.91 Å². The highest BCUT2D eigenvalue weighted by molar-refractivity contribution is 7.15. The number of ether oxygens (including phenoxy) is 2. The minimum absolute atomic E-state index is 0.145. The highest BCUT2D eigenvalue weighted by atomic mass is 32.1. The van der Waals surface area contributed by atoms with E-state index < -0.39 is 23.6 Å². The van der Waals surface area contributed by atoms with Gasteiger partial charge in [0.1, 0.15) is 16.5 Å². The van der Waals surface area contributed by atoms with Gasteiger partial charge in [-0.25, -0.2) is 9.59 Å². The Bertz CT molecular complexity index is 978. The summed E-state index contributed by atoms with van der Waals surface area (Å²) in [5, 5.41) is 0. The zero-order valence-electron chi connectivity index (χ0n) is 22.7. The molecule has 2 rings (SSSR count). The van der Waals surface area contributed by atoms with E-state index in [0.29, 0.717) is 22.9 Å². The number of thiophene rings is 1. The van der Waals surface area contributed by atoms with Crippen molar-refractivity contribution in [2.45, 2.75) is 99.1 Å². The maximum absolute atomic E-state index is 14.0. The van der Waals surface area contributed by atoms with E-state index in [1.807, 2.05) is 27.7 Å². The summed E-state index contributed by atoms with van der Waals surface area (Å²) in [6.07, 6.45) is 3.79. The predicted octanol–water partition coefficient (Wildman–Crippen LogP) is 6.21. The largest absolute Gasteiger partial charge is 0.465 e. The van der Waals surface area contributed by atoms with Crippen LogP contribution < -0.4 is 4.90 Å². The first-order chi connectivity index (χ1) is 16.2. The van der Waals surface area contributed by atoms with Crippen LogP contribution in [0.1, 0.15) is 102 Å². The standard InChI is InChI=1S/C28H41NO5S/c1-10-21(25(31)34-28(6,7)8)29(24(30)19-13-11-18(2)12-14-19)22-17-20(15-16-27(3,4)5)35-23(22)26(32)33-9/h17-19,21H,10-14H2,1-9H3/t18-,19-,21-/m0/s1. The third-order valence-electron chi connectivity index (χ3n) is 5.88. The number of carbonyl (C=O) groups excluding carboxylic acids is 3. The molecule has 1 heterocycles. The van der Waals surface area contributed by atoms with Gasteiger partial charge in [0.15, 0.2) is 0 Å². The molecule has 0 aromatic carbocycles. The minimum atomic E-state index is -0.859. The molecule has 1 aliphatic rings.